The molecule has 0 saturated carbocycles. The summed E-state index contributed by atoms with van der Waals surface area (Å²) >= 11 is 0. The van der Waals surface area contributed by atoms with E-state index in [1.54, 1.807) is 0 Å². The molecule has 0 atom stereocenters. The van der Waals surface area contributed by atoms with E-state index in [-0.39, 0.29) is 23.4 Å². The summed E-state index contributed by atoms with van der Waals surface area (Å²) in [6.07, 6.45) is -1.12. The molecule has 0 aliphatic carbocycles. The Labute approximate surface area is 102 Å². The van der Waals surface area contributed by atoms with E-state index in [1.807, 2.05) is 0 Å². The summed E-state index contributed by atoms with van der Waals surface area (Å²) in [5, 5.41) is 8.52. The van der Waals surface area contributed by atoms with Crippen LogP contribution in [-0.4, -0.2) is 41.1 Å². The van der Waals surface area contributed by atoms with Gasteiger partial charge in [-0.25, -0.2) is 4.79 Å². The molecule has 1 aromatic carbocycles. The van der Waals surface area contributed by atoms with Crippen LogP contribution in [0.25, 0.3) is 0 Å². The Morgan fingerprint density at radius 1 is 1.33 bits per heavy atom. The van der Waals surface area contributed by atoms with Crippen molar-refractivity contribution in [2.45, 2.75) is 0 Å². The maximum atomic E-state index is 11.9. The highest BCUT2D eigenvalue weighted by atomic mass is 16.6. The third-order valence-corrected chi connectivity index (χ3v) is 2.45. The molecular weight excluding hydrogens is 240 g/mol. The van der Waals surface area contributed by atoms with E-state index in [0.717, 1.165) is 0 Å². The molecule has 0 bridgehead atoms. The highest BCUT2D eigenvalue weighted by Crippen LogP contribution is 2.27. The molecule has 94 valence electrons. The maximum Gasteiger partial charge on any atom is 0.424 e. The molecular formula is C11H10N2O5. The van der Waals surface area contributed by atoms with Crippen molar-refractivity contribution in [3.8, 4) is 0 Å². The first-order valence-electron chi connectivity index (χ1n) is 5.12. The lowest BCUT2D eigenvalue weighted by atomic mass is 10.1. The molecule has 1 aromatic rings. The normalized spacial score (nSPS) is 13.7. The molecule has 18 heavy (non-hydrogen) atoms. The van der Waals surface area contributed by atoms with Crippen LogP contribution in [-0.2, 0) is 4.74 Å². The third-order valence-electron chi connectivity index (χ3n) is 2.45. The van der Waals surface area contributed by atoms with Crippen LogP contribution in [0.3, 0.4) is 0 Å². The monoisotopic (exact) mass is 250 g/mol. The van der Waals surface area contributed by atoms with Crippen molar-refractivity contribution in [1.29, 1.82) is 0 Å². The fourth-order valence-electron chi connectivity index (χ4n) is 1.67. The first-order valence-corrected chi connectivity index (χ1v) is 5.12. The number of rotatable bonds is 2. The second-order valence-corrected chi connectivity index (χ2v) is 3.55. The number of carbonyl (C=O) groups excluding carboxylic acids is 3. The van der Waals surface area contributed by atoms with E-state index in [1.165, 1.54) is 18.2 Å². The first kappa shape index (κ1) is 12.1. The summed E-state index contributed by atoms with van der Waals surface area (Å²) in [7, 11) is 0. The molecule has 0 aromatic heterocycles. The van der Waals surface area contributed by atoms with E-state index in [4.69, 9.17) is 10.8 Å². The van der Waals surface area contributed by atoms with Crippen molar-refractivity contribution in [2.75, 3.05) is 18.9 Å². The Hall–Kier alpha value is -2.41. The van der Waals surface area contributed by atoms with E-state index in [2.05, 4.69) is 4.74 Å². The molecule has 7 heteroatoms. The van der Waals surface area contributed by atoms with Crippen molar-refractivity contribution >= 4 is 23.6 Å². The number of anilines is 1. The van der Waals surface area contributed by atoms with Crippen LogP contribution >= 0.6 is 0 Å². The highest BCUT2D eigenvalue weighted by Gasteiger charge is 2.42. The van der Waals surface area contributed by atoms with E-state index >= 15 is 0 Å². The molecule has 0 spiro atoms. The molecule has 3 N–H and O–H groups in total. The minimum atomic E-state index is -1.12. The van der Waals surface area contributed by atoms with E-state index in [9.17, 15) is 14.4 Å². The molecule has 0 fully saturated rings. The number of fused-ring (bicyclic) bond motifs is 1. The van der Waals surface area contributed by atoms with Crippen molar-refractivity contribution in [3.63, 3.8) is 0 Å². The molecule has 2 rings (SSSR count). The first-order chi connectivity index (χ1) is 8.57. The lowest BCUT2D eigenvalue weighted by molar-refractivity contribution is 0.0550. The minimum Gasteiger partial charge on any atom is -0.446 e. The number of aliphatic hydroxyl groups is 1. The molecule has 1 aliphatic rings. The number of nitrogen functional groups attached to an aromatic ring is 1. The van der Waals surface area contributed by atoms with Gasteiger partial charge in [0.2, 0.25) is 0 Å². The van der Waals surface area contributed by atoms with Gasteiger partial charge in [0.15, 0.2) is 0 Å². The van der Waals surface area contributed by atoms with Crippen molar-refractivity contribution in [3.05, 3.63) is 29.3 Å². The lowest BCUT2D eigenvalue weighted by Gasteiger charge is -2.11. The van der Waals surface area contributed by atoms with E-state index in [0.29, 0.717) is 4.90 Å². The molecule has 0 saturated heterocycles. The van der Waals surface area contributed by atoms with Crippen molar-refractivity contribution in [1.82, 2.24) is 4.90 Å². The van der Waals surface area contributed by atoms with E-state index < -0.39 is 24.5 Å². The molecule has 3 amide bonds. The number of aliphatic hydroxyl groups excluding tert-OH is 1. The highest BCUT2D eigenvalue weighted by molar-refractivity contribution is 6.29. The fraction of sp³-hybridized carbons (Fsp3) is 0.182. The Balaban J connectivity index is 2.34. The topological polar surface area (TPSA) is 110 Å². The molecule has 1 heterocycles. The van der Waals surface area contributed by atoms with Crippen LogP contribution < -0.4 is 5.73 Å². The van der Waals surface area contributed by atoms with Gasteiger partial charge >= 0.3 is 6.09 Å². The van der Waals surface area contributed by atoms with Gasteiger partial charge in [0.05, 0.1) is 17.7 Å². The second-order valence-electron chi connectivity index (χ2n) is 3.55. The zero-order valence-corrected chi connectivity index (χ0v) is 9.25. The summed E-state index contributed by atoms with van der Waals surface area (Å²) in [5.41, 5.74) is 5.80. The second kappa shape index (κ2) is 4.46. The molecule has 1 aliphatic heterocycles. The van der Waals surface area contributed by atoms with Crippen molar-refractivity contribution in [2.24, 2.45) is 0 Å². The van der Waals surface area contributed by atoms with Gasteiger partial charge < -0.3 is 15.6 Å². The number of nitrogens with two attached hydrogens (primary N) is 1. The van der Waals surface area contributed by atoms with Gasteiger partial charge in [-0.2, -0.15) is 4.90 Å². The van der Waals surface area contributed by atoms with Gasteiger partial charge in [0.1, 0.15) is 6.61 Å². The fourth-order valence-corrected chi connectivity index (χ4v) is 1.67. The zero-order chi connectivity index (χ0) is 13.3. The largest absolute Gasteiger partial charge is 0.446 e. The quantitative estimate of drug-likeness (QED) is 0.564. The average molecular weight is 250 g/mol. The average Bonchev–Trinajstić information content (AvgIpc) is 2.60. The summed E-state index contributed by atoms with van der Waals surface area (Å²) in [6, 6.07) is 4.39. The number of hydrogen-bond acceptors (Lipinski definition) is 6. The third kappa shape index (κ3) is 1.70. The lowest BCUT2D eigenvalue weighted by Crippen LogP contribution is -2.37. The predicted octanol–water partition coefficient (Wildman–Crippen LogP) is -0.00630. The zero-order valence-electron chi connectivity index (χ0n) is 9.25. The van der Waals surface area contributed by atoms with Gasteiger partial charge in [0.25, 0.3) is 11.8 Å². The van der Waals surface area contributed by atoms with Gasteiger partial charge in [-0.15, -0.1) is 0 Å². The van der Waals surface area contributed by atoms with Gasteiger partial charge in [0, 0.05) is 5.69 Å². The summed E-state index contributed by atoms with van der Waals surface area (Å²) in [6.45, 7) is -0.682. The summed E-state index contributed by atoms with van der Waals surface area (Å²) in [4.78, 5) is 35.6. The van der Waals surface area contributed by atoms with Crippen LogP contribution in [0.4, 0.5) is 10.5 Å². The Morgan fingerprint density at radius 3 is 2.67 bits per heavy atom. The SMILES string of the molecule is Nc1cccc2c1C(=O)N(C(=O)OCCO)C2=O. The number of benzene rings is 1. The number of ether oxygens (including phenoxy) is 1. The number of nitrogens with zero attached hydrogens (tertiary/aromatic N) is 1. The predicted molar refractivity (Wildman–Crippen MR) is 59.8 cm³/mol. The van der Waals surface area contributed by atoms with Crippen molar-refractivity contribution < 1.29 is 24.2 Å². The molecule has 0 unspecified atom stereocenters. The standard InChI is InChI=1S/C11H10N2O5/c12-7-3-1-2-6-8(7)10(16)13(9(6)15)11(17)18-5-4-14/h1-3,14H,4-5,12H2. The summed E-state index contributed by atoms with van der Waals surface area (Å²) < 4.78 is 4.54. The number of amides is 3. The Bertz CT molecular complexity index is 540. The number of carbonyl (C=O) groups is 3. The molecule has 7 nitrogen and oxygen atoms in total. The van der Waals surface area contributed by atoms with Crippen LogP contribution in [0.2, 0.25) is 0 Å². The minimum absolute atomic E-state index is 0.00319. The number of imide groups is 3. The Morgan fingerprint density at radius 2 is 2.06 bits per heavy atom. The van der Waals surface area contributed by atoms with Gasteiger partial charge in [-0.3, -0.25) is 9.59 Å². The number of hydrogen-bond donors (Lipinski definition) is 2. The smallest absolute Gasteiger partial charge is 0.424 e. The van der Waals surface area contributed by atoms with Crippen LogP contribution in [0, 0.1) is 0 Å². The van der Waals surface area contributed by atoms with Gasteiger partial charge in [-0.05, 0) is 12.1 Å². The van der Waals surface area contributed by atoms with Gasteiger partial charge in [-0.1, -0.05) is 6.07 Å². The summed E-state index contributed by atoms with van der Waals surface area (Å²) in [5.74, 6) is -1.58. The van der Waals surface area contributed by atoms with Crippen LogP contribution in [0.1, 0.15) is 20.7 Å². The van der Waals surface area contributed by atoms with Crippen LogP contribution in [0.15, 0.2) is 18.2 Å². The Kier molecular flexibility index (Phi) is 2.99. The molecule has 0 radical (unpaired) electrons. The maximum absolute atomic E-state index is 11.9. The van der Waals surface area contributed by atoms with Crippen LogP contribution in [0.5, 0.6) is 0 Å².